The first kappa shape index (κ1) is 20.5. The third kappa shape index (κ3) is 3.63. The molecule has 0 spiro atoms. The molecular formula is C24H24N4O3. The van der Waals surface area contributed by atoms with Gasteiger partial charge in [0.25, 0.3) is 5.91 Å². The molecule has 1 fully saturated rings. The van der Waals surface area contributed by atoms with Crippen molar-refractivity contribution in [1.82, 2.24) is 15.2 Å². The van der Waals surface area contributed by atoms with Crippen LogP contribution < -0.4 is 10.6 Å². The van der Waals surface area contributed by atoms with Crippen molar-refractivity contribution in [2.45, 2.75) is 33.2 Å². The molecule has 158 valence electrons. The number of aryl methyl sites for hydroxylation is 3. The first-order valence-corrected chi connectivity index (χ1v) is 10.1. The molecule has 1 saturated heterocycles. The van der Waals surface area contributed by atoms with Crippen molar-refractivity contribution >= 4 is 34.3 Å². The van der Waals surface area contributed by atoms with Gasteiger partial charge in [-0.3, -0.25) is 19.5 Å². The lowest BCUT2D eigenvalue weighted by Gasteiger charge is -2.22. The maximum absolute atomic E-state index is 13.2. The van der Waals surface area contributed by atoms with Gasteiger partial charge in [0.05, 0.1) is 11.4 Å². The van der Waals surface area contributed by atoms with Crippen LogP contribution in [0.15, 0.2) is 48.5 Å². The fourth-order valence-electron chi connectivity index (χ4n) is 4.07. The van der Waals surface area contributed by atoms with Crippen LogP contribution in [0, 0.1) is 20.8 Å². The molecule has 1 aliphatic rings. The van der Waals surface area contributed by atoms with Gasteiger partial charge in [0.1, 0.15) is 12.1 Å². The molecule has 2 heterocycles. The summed E-state index contributed by atoms with van der Waals surface area (Å²) in [7, 11) is 0. The predicted octanol–water partition coefficient (Wildman–Crippen LogP) is 3.57. The van der Waals surface area contributed by atoms with E-state index in [0.29, 0.717) is 16.9 Å². The highest BCUT2D eigenvalue weighted by Gasteiger charge is 2.49. The molecule has 2 aromatic carbocycles. The van der Waals surface area contributed by atoms with E-state index in [0.717, 1.165) is 26.9 Å². The van der Waals surface area contributed by atoms with Gasteiger partial charge < -0.3 is 10.6 Å². The number of hydrogen-bond acceptors (Lipinski definition) is 4. The molecule has 1 aromatic heterocycles. The van der Waals surface area contributed by atoms with E-state index in [9.17, 15) is 14.4 Å². The lowest BCUT2D eigenvalue weighted by atomic mass is 9.90. The number of aromatic nitrogens is 1. The Balaban J connectivity index is 1.56. The third-order valence-corrected chi connectivity index (χ3v) is 5.69. The van der Waals surface area contributed by atoms with E-state index in [-0.39, 0.29) is 6.54 Å². The molecule has 1 aliphatic heterocycles. The summed E-state index contributed by atoms with van der Waals surface area (Å²) < 4.78 is 0. The lowest BCUT2D eigenvalue weighted by Crippen LogP contribution is -2.42. The summed E-state index contributed by atoms with van der Waals surface area (Å²) in [6, 6.07) is 14.7. The van der Waals surface area contributed by atoms with Crippen LogP contribution in [-0.2, 0) is 15.1 Å². The van der Waals surface area contributed by atoms with Crippen molar-refractivity contribution in [2.75, 3.05) is 11.9 Å². The summed E-state index contributed by atoms with van der Waals surface area (Å²) in [5, 5.41) is 7.56. The second-order valence-corrected chi connectivity index (χ2v) is 8.10. The fourth-order valence-corrected chi connectivity index (χ4v) is 4.07. The molecule has 2 N–H and O–H groups in total. The molecule has 0 saturated carbocycles. The zero-order chi connectivity index (χ0) is 22.3. The number of pyridine rings is 1. The Bertz CT molecular complexity index is 1210. The van der Waals surface area contributed by atoms with Crippen LogP contribution in [0.4, 0.5) is 10.5 Å². The first-order valence-electron chi connectivity index (χ1n) is 10.1. The van der Waals surface area contributed by atoms with E-state index in [1.165, 1.54) is 0 Å². The number of fused-ring (bicyclic) bond motifs is 1. The van der Waals surface area contributed by atoms with Crippen LogP contribution in [0.5, 0.6) is 0 Å². The smallest absolute Gasteiger partial charge is 0.323 e. The van der Waals surface area contributed by atoms with E-state index in [4.69, 9.17) is 0 Å². The molecule has 4 amide bonds. The molecule has 0 aliphatic carbocycles. The van der Waals surface area contributed by atoms with Gasteiger partial charge in [0.15, 0.2) is 0 Å². The number of rotatable bonds is 4. The molecule has 7 heteroatoms. The van der Waals surface area contributed by atoms with Crippen molar-refractivity contribution in [2.24, 2.45) is 0 Å². The van der Waals surface area contributed by atoms with Crippen LogP contribution in [0.1, 0.15) is 29.4 Å². The van der Waals surface area contributed by atoms with Gasteiger partial charge in [-0.15, -0.1) is 0 Å². The van der Waals surface area contributed by atoms with Crippen LogP contribution in [0.2, 0.25) is 0 Å². The number of benzene rings is 2. The summed E-state index contributed by atoms with van der Waals surface area (Å²) >= 11 is 0. The van der Waals surface area contributed by atoms with Gasteiger partial charge in [-0.1, -0.05) is 36.4 Å². The van der Waals surface area contributed by atoms with Crippen LogP contribution in [0.3, 0.4) is 0 Å². The number of carbonyl (C=O) groups excluding carboxylic acids is 3. The first-order chi connectivity index (χ1) is 14.7. The van der Waals surface area contributed by atoms with Gasteiger partial charge in [0.2, 0.25) is 5.91 Å². The van der Waals surface area contributed by atoms with Crippen LogP contribution >= 0.6 is 0 Å². The number of hydrogen-bond donors (Lipinski definition) is 2. The molecule has 1 unspecified atom stereocenters. The number of nitrogens with zero attached hydrogens (tertiary/aromatic N) is 2. The largest absolute Gasteiger partial charge is 0.325 e. The molecule has 1 atom stereocenters. The van der Waals surface area contributed by atoms with E-state index < -0.39 is 23.4 Å². The van der Waals surface area contributed by atoms with Crippen LogP contribution in [-0.4, -0.2) is 34.3 Å². The monoisotopic (exact) mass is 416 g/mol. The summed E-state index contributed by atoms with van der Waals surface area (Å²) in [6.07, 6.45) is 0. The Morgan fingerprint density at radius 3 is 2.48 bits per heavy atom. The highest BCUT2D eigenvalue weighted by molar-refractivity contribution is 6.10. The van der Waals surface area contributed by atoms with E-state index in [2.05, 4.69) is 15.6 Å². The summed E-state index contributed by atoms with van der Waals surface area (Å²) in [4.78, 5) is 43.8. The SMILES string of the molecule is Cc1cc(C)c(NC(=O)CN2C(=O)NC(C)(c3ccc4ccccc4c3)C2=O)c(C)n1. The average molecular weight is 416 g/mol. The van der Waals surface area contributed by atoms with E-state index in [1.54, 1.807) is 13.8 Å². The fraction of sp³-hybridized carbons (Fsp3) is 0.250. The van der Waals surface area contributed by atoms with Gasteiger partial charge in [-0.25, -0.2) is 4.79 Å². The predicted molar refractivity (Wildman–Crippen MR) is 119 cm³/mol. The van der Waals surface area contributed by atoms with E-state index >= 15 is 0 Å². The third-order valence-electron chi connectivity index (χ3n) is 5.69. The second-order valence-electron chi connectivity index (χ2n) is 8.10. The van der Waals surface area contributed by atoms with Crippen molar-refractivity contribution in [3.05, 3.63) is 71.0 Å². The number of urea groups is 1. The van der Waals surface area contributed by atoms with Gasteiger partial charge in [-0.2, -0.15) is 0 Å². The number of imide groups is 1. The van der Waals surface area contributed by atoms with Crippen molar-refractivity contribution in [3.8, 4) is 0 Å². The van der Waals surface area contributed by atoms with Crippen LogP contribution in [0.25, 0.3) is 10.8 Å². The molecule has 4 rings (SSSR count). The number of nitrogens with one attached hydrogen (secondary N) is 2. The number of anilines is 1. The zero-order valence-corrected chi connectivity index (χ0v) is 17.9. The zero-order valence-electron chi connectivity index (χ0n) is 17.9. The highest BCUT2D eigenvalue weighted by atomic mass is 16.2. The van der Waals surface area contributed by atoms with Gasteiger partial charge in [0, 0.05) is 5.69 Å². The Labute approximate surface area is 180 Å². The quantitative estimate of drug-likeness (QED) is 0.636. The molecule has 3 aromatic rings. The van der Waals surface area contributed by atoms with E-state index in [1.807, 2.05) is 62.4 Å². The number of amides is 4. The Morgan fingerprint density at radius 2 is 1.77 bits per heavy atom. The Hall–Kier alpha value is -3.74. The molecule has 31 heavy (non-hydrogen) atoms. The highest BCUT2D eigenvalue weighted by Crippen LogP contribution is 2.31. The minimum absolute atomic E-state index is 0.374. The van der Waals surface area contributed by atoms with Crippen molar-refractivity contribution in [3.63, 3.8) is 0 Å². The minimum Gasteiger partial charge on any atom is -0.323 e. The average Bonchev–Trinajstić information content (AvgIpc) is 2.94. The molecule has 7 nitrogen and oxygen atoms in total. The van der Waals surface area contributed by atoms with Crippen molar-refractivity contribution < 1.29 is 14.4 Å². The topological polar surface area (TPSA) is 91.4 Å². The maximum atomic E-state index is 13.2. The summed E-state index contributed by atoms with van der Waals surface area (Å²) in [6.45, 7) is 6.85. The minimum atomic E-state index is -1.24. The molecule has 0 radical (unpaired) electrons. The molecule has 0 bridgehead atoms. The second kappa shape index (κ2) is 7.50. The summed E-state index contributed by atoms with van der Waals surface area (Å²) in [5.74, 6) is -0.915. The van der Waals surface area contributed by atoms with Crippen molar-refractivity contribution in [1.29, 1.82) is 0 Å². The van der Waals surface area contributed by atoms with Gasteiger partial charge in [-0.05, 0) is 61.7 Å². The standard InChI is InChI=1S/C24H24N4O3/c1-14-11-15(2)25-16(3)21(14)26-20(29)13-28-22(30)24(4,27-23(28)31)19-10-9-17-7-5-6-8-18(17)12-19/h5-12H,13H2,1-4H3,(H,26,29)(H,27,31). The van der Waals surface area contributed by atoms with Gasteiger partial charge >= 0.3 is 6.03 Å². The maximum Gasteiger partial charge on any atom is 0.325 e. The normalized spacial score (nSPS) is 18.4. The Morgan fingerprint density at radius 1 is 1.06 bits per heavy atom. The summed E-state index contributed by atoms with van der Waals surface area (Å²) in [5.41, 5.74) is 2.44. The molecular weight excluding hydrogens is 392 g/mol. The Kier molecular flexibility index (Phi) is 4.97. The number of carbonyl (C=O) groups is 3. The lowest BCUT2D eigenvalue weighted by molar-refractivity contribution is -0.133.